The van der Waals surface area contributed by atoms with Gasteiger partial charge in [0.05, 0.1) is 0 Å². The zero-order chi connectivity index (χ0) is 13.7. The molecule has 0 saturated heterocycles. The monoisotopic (exact) mass is 262 g/mol. The number of likely N-dealkylation sites (N-methyl/N-ethyl adjacent to an activating group) is 1. The number of benzene rings is 1. The van der Waals surface area contributed by atoms with Gasteiger partial charge in [0.1, 0.15) is 5.75 Å². The van der Waals surface area contributed by atoms with Crippen LogP contribution in [-0.4, -0.2) is 25.1 Å². The smallest absolute Gasteiger partial charge is 0.257 e. The number of amides is 1. The fraction of sp³-hybridized carbons (Fsp3) is 0.533. The number of hydrogen-bond acceptors (Lipinski definition) is 3. The van der Waals surface area contributed by atoms with Crippen LogP contribution < -0.4 is 15.4 Å². The lowest BCUT2D eigenvalue weighted by Crippen LogP contribution is -2.29. The van der Waals surface area contributed by atoms with Gasteiger partial charge in [-0.25, -0.2) is 0 Å². The van der Waals surface area contributed by atoms with Crippen LogP contribution in [0.2, 0.25) is 0 Å². The standard InChI is InChI=1S/C15H22N2O2/c1-3-16-14(18)10-19-15-11(2)5-4-6-12(15)9-17-13-7-8-13/h4-6,13,17H,3,7-10H2,1-2H3,(H,16,18). The minimum Gasteiger partial charge on any atom is -0.483 e. The van der Waals surface area contributed by atoms with Crippen molar-refractivity contribution in [1.29, 1.82) is 0 Å². The van der Waals surface area contributed by atoms with Gasteiger partial charge in [0.2, 0.25) is 0 Å². The molecule has 0 aromatic heterocycles. The van der Waals surface area contributed by atoms with Gasteiger partial charge in [-0.05, 0) is 32.3 Å². The lowest BCUT2D eigenvalue weighted by atomic mass is 10.1. The third-order valence-corrected chi connectivity index (χ3v) is 3.17. The first-order chi connectivity index (χ1) is 9.20. The minimum absolute atomic E-state index is 0.0770. The van der Waals surface area contributed by atoms with E-state index in [-0.39, 0.29) is 12.5 Å². The first kappa shape index (κ1) is 13.9. The summed E-state index contributed by atoms with van der Waals surface area (Å²) in [6, 6.07) is 6.75. The average molecular weight is 262 g/mol. The fourth-order valence-corrected chi connectivity index (χ4v) is 1.99. The van der Waals surface area contributed by atoms with Gasteiger partial charge in [-0.2, -0.15) is 0 Å². The van der Waals surface area contributed by atoms with E-state index in [0.29, 0.717) is 12.6 Å². The predicted molar refractivity (Wildman–Crippen MR) is 75.2 cm³/mol. The molecule has 1 amide bonds. The molecule has 1 aliphatic carbocycles. The van der Waals surface area contributed by atoms with Gasteiger partial charge in [0, 0.05) is 24.7 Å². The number of carbonyl (C=O) groups is 1. The Morgan fingerprint density at radius 2 is 2.21 bits per heavy atom. The van der Waals surface area contributed by atoms with Crippen LogP contribution in [0.25, 0.3) is 0 Å². The Balaban J connectivity index is 1.97. The molecule has 0 bridgehead atoms. The van der Waals surface area contributed by atoms with E-state index in [2.05, 4.69) is 16.7 Å². The summed E-state index contributed by atoms with van der Waals surface area (Å²) in [6.45, 7) is 5.42. The summed E-state index contributed by atoms with van der Waals surface area (Å²) in [5.41, 5.74) is 2.19. The quantitative estimate of drug-likeness (QED) is 0.787. The topological polar surface area (TPSA) is 50.4 Å². The molecule has 0 radical (unpaired) electrons. The summed E-state index contributed by atoms with van der Waals surface area (Å²) in [5.74, 6) is 0.758. The second kappa shape index (κ2) is 6.57. The summed E-state index contributed by atoms with van der Waals surface area (Å²) in [7, 11) is 0. The Labute approximate surface area is 114 Å². The Morgan fingerprint density at radius 3 is 2.89 bits per heavy atom. The van der Waals surface area contributed by atoms with Crippen LogP contribution in [0.5, 0.6) is 5.75 Å². The molecule has 1 aromatic carbocycles. The normalized spacial score (nSPS) is 14.2. The lowest BCUT2D eigenvalue weighted by molar-refractivity contribution is -0.123. The highest BCUT2D eigenvalue weighted by atomic mass is 16.5. The Kier molecular flexibility index (Phi) is 4.80. The van der Waals surface area contributed by atoms with E-state index in [1.54, 1.807) is 0 Å². The maximum absolute atomic E-state index is 11.5. The molecule has 2 rings (SSSR count). The van der Waals surface area contributed by atoms with E-state index in [1.807, 2.05) is 26.0 Å². The fourth-order valence-electron chi connectivity index (χ4n) is 1.99. The largest absolute Gasteiger partial charge is 0.483 e. The summed E-state index contributed by atoms with van der Waals surface area (Å²) < 4.78 is 5.68. The van der Waals surface area contributed by atoms with Crippen molar-refractivity contribution < 1.29 is 9.53 Å². The van der Waals surface area contributed by atoms with Crippen LogP contribution in [0.4, 0.5) is 0 Å². The summed E-state index contributed by atoms with van der Waals surface area (Å²) in [5, 5.41) is 6.21. The molecule has 4 nitrogen and oxygen atoms in total. The van der Waals surface area contributed by atoms with Crippen LogP contribution >= 0.6 is 0 Å². The van der Waals surface area contributed by atoms with Crippen LogP contribution in [0.3, 0.4) is 0 Å². The highest BCUT2D eigenvalue weighted by Crippen LogP contribution is 2.25. The predicted octanol–water partition coefficient (Wildman–Crippen LogP) is 1.76. The first-order valence-corrected chi connectivity index (χ1v) is 6.92. The number of ether oxygens (including phenoxy) is 1. The van der Waals surface area contributed by atoms with Crippen LogP contribution in [0, 0.1) is 6.92 Å². The molecule has 104 valence electrons. The number of carbonyl (C=O) groups excluding carboxylic acids is 1. The van der Waals surface area contributed by atoms with Gasteiger partial charge < -0.3 is 15.4 Å². The van der Waals surface area contributed by atoms with E-state index >= 15 is 0 Å². The minimum atomic E-state index is -0.0770. The van der Waals surface area contributed by atoms with E-state index in [9.17, 15) is 4.79 Å². The van der Waals surface area contributed by atoms with E-state index in [1.165, 1.54) is 12.8 Å². The van der Waals surface area contributed by atoms with E-state index in [4.69, 9.17) is 4.74 Å². The number of hydrogen-bond donors (Lipinski definition) is 2. The second-order valence-electron chi connectivity index (χ2n) is 4.96. The third-order valence-electron chi connectivity index (χ3n) is 3.17. The van der Waals surface area contributed by atoms with Gasteiger partial charge in [-0.15, -0.1) is 0 Å². The van der Waals surface area contributed by atoms with Gasteiger partial charge in [-0.3, -0.25) is 4.79 Å². The molecule has 0 heterocycles. The molecule has 19 heavy (non-hydrogen) atoms. The Morgan fingerprint density at radius 1 is 1.42 bits per heavy atom. The molecule has 1 aliphatic rings. The molecule has 1 aromatic rings. The number of rotatable bonds is 7. The van der Waals surface area contributed by atoms with Gasteiger partial charge in [-0.1, -0.05) is 18.2 Å². The van der Waals surface area contributed by atoms with E-state index < -0.39 is 0 Å². The molecular weight excluding hydrogens is 240 g/mol. The van der Waals surface area contributed by atoms with Gasteiger partial charge in [0.25, 0.3) is 5.91 Å². The highest BCUT2D eigenvalue weighted by Gasteiger charge is 2.21. The molecule has 2 N–H and O–H groups in total. The summed E-state index contributed by atoms with van der Waals surface area (Å²) >= 11 is 0. The van der Waals surface area contributed by atoms with Crippen molar-refractivity contribution in [3.05, 3.63) is 29.3 Å². The molecule has 1 fully saturated rings. The molecule has 4 heteroatoms. The molecule has 0 aliphatic heterocycles. The van der Waals surface area contributed by atoms with Crippen molar-refractivity contribution >= 4 is 5.91 Å². The Bertz CT molecular complexity index is 442. The van der Waals surface area contributed by atoms with Crippen LogP contribution in [0.1, 0.15) is 30.9 Å². The zero-order valence-corrected chi connectivity index (χ0v) is 11.7. The van der Waals surface area contributed by atoms with Crippen molar-refractivity contribution in [2.45, 2.75) is 39.3 Å². The number of nitrogens with one attached hydrogen (secondary N) is 2. The second-order valence-corrected chi connectivity index (χ2v) is 4.96. The number of para-hydroxylation sites is 1. The molecule has 0 atom stereocenters. The average Bonchev–Trinajstić information content (AvgIpc) is 3.19. The van der Waals surface area contributed by atoms with Crippen LogP contribution in [0.15, 0.2) is 18.2 Å². The van der Waals surface area contributed by atoms with Gasteiger partial charge in [0.15, 0.2) is 6.61 Å². The molecule has 0 spiro atoms. The van der Waals surface area contributed by atoms with E-state index in [0.717, 1.165) is 23.4 Å². The van der Waals surface area contributed by atoms with Crippen molar-refractivity contribution in [3.8, 4) is 5.75 Å². The highest BCUT2D eigenvalue weighted by molar-refractivity contribution is 5.77. The van der Waals surface area contributed by atoms with Crippen molar-refractivity contribution in [1.82, 2.24) is 10.6 Å². The zero-order valence-electron chi connectivity index (χ0n) is 11.7. The van der Waals surface area contributed by atoms with Crippen molar-refractivity contribution in [2.24, 2.45) is 0 Å². The summed E-state index contributed by atoms with van der Waals surface area (Å²) in [6.07, 6.45) is 2.53. The number of aryl methyl sites for hydroxylation is 1. The van der Waals surface area contributed by atoms with Crippen molar-refractivity contribution in [2.75, 3.05) is 13.2 Å². The molecule has 0 unspecified atom stereocenters. The lowest BCUT2D eigenvalue weighted by Gasteiger charge is -2.14. The third kappa shape index (κ3) is 4.24. The van der Waals surface area contributed by atoms with Crippen LogP contribution in [-0.2, 0) is 11.3 Å². The maximum atomic E-state index is 11.5. The SMILES string of the molecule is CCNC(=O)COc1c(C)cccc1CNC1CC1. The Hall–Kier alpha value is -1.55. The first-order valence-electron chi connectivity index (χ1n) is 6.92. The molecule has 1 saturated carbocycles. The van der Waals surface area contributed by atoms with Gasteiger partial charge >= 0.3 is 0 Å². The maximum Gasteiger partial charge on any atom is 0.257 e. The molecular formula is C15H22N2O2. The summed E-state index contributed by atoms with van der Waals surface area (Å²) in [4.78, 5) is 11.5. The van der Waals surface area contributed by atoms with Crippen molar-refractivity contribution in [3.63, 3.8) is 0 Å².